The van der Waals surface area contributed by atoms with Gasteiger partial charge in [0.05, 0.1) is 0 Å². The molecule has 0 fully saturated rings. The number of halogens is 1. The number of primary amides is 1. The summed E-state index contributed by atoms with van der Waals surface area (Å²) in [5.74, 6) is -2.34. The predicted octanol–water partition coefficient (Wildman–Crippen LogP) is 0.877. The molecule has 0 aromatic heterocycles. The van der Waals surface area contributed by atoms with Gasteiger partial charge in [0.1, 0.15) is 11.4 Å². The minimum atomic E-state index is -1.16. The minimum absolute atomic E-state index is 0.0458. The molecule has 0 aliphatic heterocycles. The number of aliphatic carboxylic acids is 1. The lowest BCUT2D eigenvalue weighted by atomic mass is 10.0. The summed E-state index contributed by atoms with van der Waals surface area (Å²) in [5.41, 5.74) is 4.21. The van der Waals surface area contributed by atoms with Crippen molar-refractivity contribution in [3.8, 4) is 0 Å². The van der Waals surface area contributed by atoms with Crippen LogP contribution in [0.2, 0.25) is 0 Å². The molecule has 0 spiro atoms. The molecule has 0 unspecified atom stereocenters. The van der Waals surface area contributed by atoms with Crippen LogP contribution in [0.25, 0.3) is 0 Å². The number of carboxylic acids is 1. The third-order valence-electron chi connectivity index (χ3n) is 2.59. The predicted molar refractivity (Wildman–Crippen MR) is 63.5 cm³/mol. The van der Waals surface area contributed by atoms with Crippen LogP contribution in [0.3, 0.4) is 0 Å². The Morgan fingerprint density at radius 3 is 2.50 bits per heavy atom. The van der Waals surface area contributed by atoms with Gasteiger partial charge in [0.25, 0.3) is 0 Å². The van der Waals surface area contributed by atoms with E-state index in [1.165, 1.54) is 26.0 Å². The summed E-state index contributed by atoms with van der Waals surface area (Å²) >= 11 is 0. The van der Waals surface area contributed by atoms with Gasteiger partial charge in [0.2, 0.25) is 5.91 Å². The molecule has 0 aliphatic carbocycles. The average molecular weight is 254 g/mol. The van der Waals surface area contributed by atoms with Crippen molar-refractivity contribution < 1.29 is 19.1 Å². The van der Waals surface area contributed by atoms with Crippen molar-refractivity contribution in [2.45, 2.75) is 25.9 Å². The maximum absolute atomic E-state index is 13.6. The Kier molecular flexibility index (Phi) is 4.03. The third kappa shape index (κ3) is 3.27. The Bertz CT molecular complexity index is 486. The highest BCUT2D eigenvalue weighted by Gasteiger charge is 2.26. The van der Waals surface area contributed by atoms with E-state index in [1.54, 1.807) is 0 Å². The molecule has 5 nitrogen and oxygen atoms in total. The van der Waals surface area contributed by atoms with E-state index < -0.39 is 23.2 Å². The van der Waals surface area contributed by atoms with Crippen molar-refractivity contribution in [1.82, 2.24) is 5.32 Å². The summed E-state index contributed by atoms with van der Waals surface area (Å²) in [5, 5.41) is 11.6. The van der Waals surface area contributed by atoms with Gasteiger partial charge in [0.15, 0.2) is 0 Å². The van der Waals surface area contributed by atoms with Gasteiger partial charge in [-0.2, -0.15) is 0 Å². The molecule has 6 heteroatoms. The van der Waals surface area contributed by atoms with Crippen LogP contribution in [-0.4, -0.2) is 22.5 Å². The Morgan fingerprint density at radius 2 is 2.06 bits per heavy atom. The number of nitrogens with two attached hydrogens (primary N) is 1. The molecule has 0 radical (unpaired) electrons. The van der Waals surface area contributed by atoms with Crippen molar-refractivity contribution in [3.63, 3.8) is 0 Å². The van der Waals surface area contributed by atoms with Crippen LogP contribution < -0.4 is 11.1 Å². The maximum atomic E-state index is 13.6. The number of hydrogen-bond acceptors (Lipinski definition) is 3. The summed E-state index contributed by atoms with van der Waals surface area (Å²) in [6.07, 6.45) is 0. The molecule has 4 N–H and O–H groups in total. The molecule has 1 amide bonds. The fourth-order valence-electron chi connectivity index (χ4n) is 1.24. The fourth-order valence-corrected chi connectivity index (χ4v) is 1.24. The highest BCUT2D eigenvalue weighted by atomic mass is 19.1. The first-order valence-electron chi connectivity index (χ1n) is 5.30. The van der Waals surface area contributed by atoms with E-state index in [0.29, 0.717) is 0 Å². The molecule has 18 heavy (non-hydrogen) atoms. The number of hydrogen-bond donors (Lipinski definition) is 3. The second-order valence-corrected chi connectivity index (χ2v) is 4.45. The Labute approximate surface area is 104 Å². The largest absolute Gasteiger partial charge is 0.480 e. The molecule has 1 aromatic carbocycles. The second kappa shape index (κ2) is 5.14. The van der Waals surface area contributed by atoms with Gasteiger partial charge in [-0.25, -0.2) is 4.39 Å². The van der Waals surface area contributed by atoms with Gasteiger partial charge in [-0.3, -0.25) is 14.9 Å². The first-order chi connectivity index (χ1) is 8.24. The normalized spacial score (nSPS) is 11.3. The number of amides is 1. The van der Waals surface area contributed by atoms with Crippen LogP contribution in [0.1, 0.15) is 29.8 Å². The second-order valence-electron chi connectivity index (χ2n) is 4.45. The minimum Gasteiger partial charge on any atom is -0.480 e. The Hall–Kier alpha value is -1.95. The van der Waals surface area contributed by atoms with Gasteiger partial charge in [-0.15, -0.1) is 0 Å². The SMILES string of the molecule is CC(C)(NCc1ccc(C(N)=O)cc1F)C(=O)O. The molecule has 1 rings (SSSR count). The Morgan fingerprint density at radius 1 is 1.44 bits per heavy atom. The van der Waals surface area contributed by atoms with E-state index in [4.69, 9.17) is 10.8 Å². The van der Waals surface area contributed by atoms with Crippen LogP contribution in [0.5, 0.6) is 0 Å². The van der Waals surface area contributed by atoms with E-state index in [2.05, 4.69) is 5.32 Å². The van der Waals surface area contributed by atoms with E-state index in [-0.39, 0.29) is 17.7 Å². The van der Waals surface area contributed by atoms with Gasteiger partial charge in [-0.05, 0) is 26.0 Å². The lowest BCUT2D eigenvalue weighted by Crippen LogP contribution is -2.46. The van der Waals surface area contributed by atoms with Crippen molar-refractivity contribution in [2.75, 3.05) is 0 Å². The van der Waals surface area contributed by atoms with Crippen molar-refractivity contribution in [2.24, 2.45) is 5.73 Å². The van der Waals surface area contributed by atoms with Gasteiger partial charge >= 0.3 is 5.97 Å². The quantitative estimate of drug-likeness (QED) is 0.727. The third-order valence-corrected chi connectivity index (χ3v) is 2.59. The number of carbonyl (C=O) groups excluding carboxylic acids is 1. The standard InChI is InChI=1S/C12H15FN2O3/c1-12(2,11(17)18)15-6-8-4-3-7(10(14)16)5-9(8)13/h3-5,15H,6H2,1-2H3,(H2,14,16)(H,17,18). The molecule has 0 heterocycles. The van der Waals surface area contributed by atoms with E-state index in [0.717, 1.165) is 6.07 Å². The van der Waals surface area contributed by atoms with E-state index in [1.807, 2.05) is 0 Å². The zero-order valence-corrected chi connectivity index (χ0v) is 10.2. The summed E-state index contributed by atoms with van der Waals surface area (Å²) in [6.45, 7) is 3.00. The molecule has 1 aromatic rings. The van der Waals surface area contributed by atoms with Gasteiger partial charge < -0.3 is 10.8 Å². The summed E-state index contributed by atoms with van der Waals surface area (Å²) in [6, 6.07) is 3.84. The summed E-state index contributed by atoms with van der Waals surface area (Å²) in [4.78, 5) is 21.7. The zero-order valence-electron chi connectivity index (χ0n) is 10.2. The van der Waals surface area contributed by atoms with E-state index in [9.17, 15) is 14.0 Å². The summed E-state index contributed by atoms with van der Waals surface area (Å²) in [7, 11) is 0. The number of benzene rings is 1. The Balaban J connectivity index is 2.81. The monoisotopic (exact) mass is 254 g/mol. The molecule has 98 valence electrons. The van der Waals surface area contributed by atoms with Crippen molar-refractivity contribution >= 4 is 11.9 Å². The average Bonchev–Trinajstić information content (AvgIpc) is 2.26. The number of carboxylic acid groups (broad SMARTS) is 1. The van der Waals surface area contributed by atoms with Crippen molar-refractivity contribution in [3.05, 3.63) is 35.1 Å². The number of rotatable bonds is 5. The number of nitrogens with one attached hydrogen (secondary N) is 1. The van der Waals surface area contributed by atoms with Crippen LogP contribution in [0, 0.1) is 5.82 Å². The summed E-state index contributed by atoms with van der Waals surface area (Å²) < 4.78 is 13.6. The van der Waals surface area contributed by atoms with Crippen LogP contribution in [0.4, 0.5) is 4.39 Å². The molecular weight excluding hydrogens is 239 g/mol. The van der Waals surface area contributed by atoms with Crippen LogP contribution in [0.15, 0.2) is 18.2 Å². The molecular formula is C12H15FN2O3. The molecule has 0 saturated carbocycles. The van der Waals surface area contributed by atoms with Crippen LogP contribution >= 0.6 is 0 Å². The van der Waals surface area contributed by atoms with E-state index >= 15 is 0 Å². The topological polar surface area (TPSA) is 92.4 Å². The first kappa shape index (κ1) is 14.1. The van der Waals surface area contributed by atoms with Gasteiger partial charge in [-0.1, -0.05) is 6.07 Å². The van der Waals surface area contributed by atoms with Crippen LogP contribution in [-0.2, 0) is 11.3 Å². The van der Waals surface area contributed by atoms with Crippen molar-refractivity contribution in [1.29, 1.82) is 0 Å². The molecule has 0 saturated heterocycles. The fraction of sp³-hybridized carbons (Fsp3) is 0.333. The zero-order chi connectivity index (χ0) is 13.9. The molecule has 0 atom stereocenters. The lowest BCUT2D eigenvalue weighted by molar-refractivity contribution is -0.143. The lowest BCUT2D eigenvalue weighted by Gasteiger charge is -2.21. The highest BCUT2D eigenvalue weighted by Crippen LogP contribution is 2.12. The smallest absolute Gasteiger partial charge is 0.323 e. The number of carbonyl (C=O) groups is 2. The first-order valence-corrected chi connectivity index (χ1v) is 5.30. The molecule has 0 aliphatic rings. The highest BCUT2D eigenvalue weighted by molar-refractivity contribution is 5.92. The maximum Gasteiger partial charge on any atom is 0.323 e. The van der Waals surface area contributed by atoms with Gasteiger partial charge in [0, 0.05) is 17.7 Å². The molecule has 0 bridgehead atoms.